The van der Waals surface area contributed by atoms with Crippen LogP contribution in [0.25, 0.3) is 0 Å². The highest BCUT2D eigenvalue weighted by Crippen LogP contribution is 2.22. The second-order valence-electron chi connectivity index (χ2n) is 5.63. The van der Waals surface area contributed by atoms with Gasteiger partial charge in [0.1, 0.15) is 0 Å². The molecule has 3 rings (SSSR count). The van der Waals surface area contributed by atoms with Gasteiger partial charge in [-0.25, -0.2) is 0 Å². The van der Waals surface area contributed by atoms with Crippen LogP contribution in [0.5, 0.6) is 0 Å². The van der Waals surface area contributed by atoms with E-state index in [0.717, 1.165) is 12.8 Å². The summed E-state index contributed by atoms with van der Waals surface area (Å²) in [7, 11) is 1.66. The van der Waals surface area contributed by atoms with Crippen molar-refractivity contribution in [3.63, 3.8) is 0 Å². The van der Waals surface area contributed by atoms with Crippen LogP contribution in [0.3, 0.4) is 0 Å². The smallest absolute Gasteiger partial charge is 0.255 e. The fourth-order valence-corrected chi connectivity index (χ4v) is 2.81. The molecule has 0 radical (unpaired) electrons. The third kappa shape index (κ3) is 3.36. The lowest BCUT2D eigenvalue weighted by Gasteiger charge is -2.16. The molecule has 0 aliphatic heterocycles. The van der Waals surface area contributed by atoms with E-state index in [-0.39, 0.29) is 5.91 Å². The van der Waals surface area contributed by atoms with Crippen LogP contribution in [-0.4, -0.2) is 29.4 Å². The van der Waals surface area contributed by atoms with Crippen LogP contribution in [0, 0.1) is 0 Å². The van der Waals surface area contributed by atoms with Crippen LogP contribution >= 0.6 is 0 Å². The van der Waals surface area contributed by atoms with E-state index in [0.29, 0.717) is 24.4 Å². The van der Waals surface area contributed by atoms with E-state index in [2.05, 4.69) is 16.5 Å². The van der Waals surface area contributed by atoms with Gasteiger partial charge in [0.05, 0.1) is 25.0 Å². The van der Waals surface area contributed by atoms with Crippen molar-refractivity contribution in [2.24, 2.45) is 0 Å². The molecule has 22 heavy (non-hydrogen) atoms. The number of fused-ring (bicyclic) bond motifs is 1. The molecule has 0 spiro atoms. The molecular weight excluding hydrogens is 278 g/mol. The number of anilines is 1. The van der Waals surface area contributed by atoms with E-state index >= 15 is 0 Å². The van der Waals surface area contributed by atoms with Crippen molar-refractivity contribution in [2.45, 2.75) is 32.2 Å². The van der Waals surface area contributed by atoms with Crippen molar-refractivity contribution in [1.29, 1.82) is 0 Å². The number of aromatic nitrogens is 2. The predicted molar refractivity (Wildman–Crippen MR) is 85.1 cm³/mol. The van der Waals surface area contributed by atoms with Crippen molar-refractivity contribution in [3.05, 3.63) is 47.3 Å². The SMILES string of the molecule is COCCn1cc(NC(=O)c2ccc3c(c2)CCCC3)cn1. The average molecular weight is 299 g/mol. The Labute approximate surface area is 130 Å². The average Bonchev–Trinajstić information content (AvgIpc) is 2.99. The molecule has 0 saturated heterocycles. The second kappa shape index (κ2) is 6.75. The first-order valence-electron chi connectivity index (χ1n) is 7.71. The molecule has 116 valence electrons. The van der Waals surface area contributed by atoms with E-state index in [1.54, 1.807) is 18.0 Å². The minimum atomic E-state index is -0.0836. The lowest BCUT2D eigenvalue weighted by Crippen LogP contribution is -2.13. The molecule has 0 fully saturated rings. The van der Waals surface area contributed by atoms with Crippen LogP contribution in [0.15, 0.2) is 30.6 Å². The van der Waals surface area contributed by atoms with Gasteiger partial charge in [0.25, 0.3) is 5.91 Å². The molecule has 1 N–H and O–H groups in total. The maximum Gasteiger partial charge on any atom is 0.255 e. The Morgan fingerprint density at radius 1 is 1.32 bits per heavy atom. The number of hydrogen-bond acceptors (Lipinski definition) is 3. The van der Waals surface area contributed by atoms with Crippen LogP contribution in [0.1, 0.15) is 34.3 Å². The first-order chi connectivity index (χ1) is 10.8. The highest BCUT2D eigenvalue weighted by Gasteiger charge is 2.13. The number of ether oxygens (including phenoxy) is 1. The van der Waals surface area contributed by atoms with Gasteiger partial charge in [-0.15, -0.1) is 0 Å². The number of hydrogen-bond donors (Lipinski definition) is 1. The van der Waals surface area contributed by atoms with Gasteiger partial charge in [-0.05, 0) is 48.9 Å². The maximum atomic E-state index is 12.4. The van der Waals surface area contributed by atoms with E-state index < -0.39 is 0 Å². The molecule has 0 saturated carbocycles. The molecule has 2 aromatic rings. The maximum absolute atomic E-state index is 12.4. The Bertz CT molecular complexity index is 664. The lowest BCUT2D eigenvalue weighted by molar-refractivity contribution is 0.102. The summed E-state index contributed by atoms with van der Waals surface area (Å²) in [5, 5.41) is 7.09. The van der Waals surface area contributed by atoms with E-state index in [1.165, 1.54) is 24.0 Å². The van der Waals surface area contributed by atoms with E-state index in [1.807, 2.05) is 18.3 Å². The lowest BCUT2D eigenvalue weighted by atomic mass is 9.90. The zero-order chi connectivity index (χ0) is 15.4. The third-order valence-electron chi connectivity index (χ3n) is 4.03. The summed E-state index contributed by atoms with van der Waals surface area (Å²) in [6.45, 7) is 1.27. The number of amides is 1. The molecule has 1 aliphatic carbocycles. The molecule has 1 aromatic heterocycles. The Kier molecular flexibility index (Phi) is 4.53. The Hall–Kier alpha value is -2.14. The number of methoxy groups -OCH3 is 1. The molecule has 5 heteroatoms. The largest absolute Gasteiger partial charge is 0.383 e. The number of nitrogens with one attached hydrogen (secondary N) is 1. The predicted octanol–water partition coefficient (Wildman–Crippen LogP) is 2.66. The van der Waals surface area contributed by atoms with E-state index in [9.17, 15) is 4.79 Å². The first-order valence-corrected chi connectivity index (χ1v) is 7.71. The van der Waals surface area contributed by atoms with Crippen molar-refractivity contribution in [2.75, 3.05) is 19.0 Å². The van der Waals surface area contributed by atoms with Crippen molar-refractivity contribution in [1.82, 2.24) is 9.78 Å². The molecule has 0 bridgehead atoms. The number of rotatable bonds is 5. The zero-order valence-corrected chi connectivity index (χ0v) is 12.8. The highest BCUT2D eigenvalue weighted by atomic mass is 16.5. The highest BCUT2D eigenvalue weighted by molar-refractivity contribution is 6.04. The Morgan fingerprint density at radius 3 is 2.95 bits per heavy atom. The number of aryl methyl sites for hydroxylation is 2. The summed E-state index contributed by atoms with van der Waals surface area (Å²) in [6, 6.07) is 6.03. The molecule has 5 nitrogen and oxygen atoms in total. The number of benzene rings is 1. The van der Waals surface area contributed by atoms with Crippen LogP contribution in [0.4, 0.5) is 5.69 Å². The summed E-state index contributed by atoms with van der Waals surface area (Å²) in [6.07, 6.45) is 8.14. The second-order valence-corrected chi connectivity index (χ2v) is 5.63. The fourth-order valence-electron chi connectivity index (χ4n) is 2.81. The van der Waals surface area contributed by atoms with Gasteiger partial charge >= 0.3 is 0 Å². The molecule has 1 amide bonds. The van der Waals surface area contributed by atoms with Gasteiger partial charge in [0, 0.05) is 18.9 Å². The Balaban J connectivity index is 1.67. The first kappa shape index (κ1) is 14.8. The van der Waals surface area contributed by atoms with Crippen LogP contribution < -0.4 is 5.32 Å². The molecule has 0 atom stereocenters. The van der Waals surface area contributed by atoms with Crippen LogP contribution in [-0.2, 0) is 24.1 Å². The third-order valence-corrected chi connectivity index (χ3v) is 4.03. The summed E-state index contributed by atoms with van der Waals surface area (Å²) < 4.78 is 6.77. The standard InChI is InChI=1S/C17H21N3O2/c1-22-9-8-20-12-16(11-18-20)19-17(21)15-7-6-13-4-2-3-5-14(13)10-15/h6-7,10-12H,2-5,8-9H2,1H3,(H,19,21). The summed E-state index contributed by atoms with van der Waals surface area (Å²) in [5.41, 5.74) is 4.12. The topological polar surface area (TPSA) is 56.1 Å². The van der Waals surface area contributed by atoms with Crippen molar-refractivity contribution >= 4 is 11.6 Å². The van der Waals surface area contributed by atoms with E-state index in [4.69, 9.17) is 4.74 Å². The van der Waals surface area contributed by atoms with Gasteiger partial charge in [-0.2, -0.15) is 5.10 Å². The Morgan fingerprint density at radius 2 is 2.14 bits per heavy atom. The minimum absolute atomic E-state index is 0.0836. The zero-order valence-electron chi connectivity index (χ0n) is 12.8. The molecule has 1 aromatic carbocycles. The molecule has 1 aliphatic rings. The summed E-state index contributed by atoms with van der Waals surface area (Å²) >= 11 is 0. The van der Waals surface area contributed by atoms with Gasteiger partial charge in [0.2, 0.25) is 0 Å². The molecule has 1 heterocycles. The number of nitrogens with zero attached hydrogens (tertiary/aromatic N) is 2. The van der Waals surface area contributed by atoms with Crippen molar-refractivity contribution < 1.29 is 9.53 Å². The number of carbonyl (C=O) groups excluding carboxylic acids is 1. The summed E-state index contributed by atoms with van der Waals surface area (Å²) in [5.74, 6) is -0.0836. The van der Waals surface area contributed by atoms with Gasteiger partial charge in [-0.1, -0.05) is 6.07 Å². The van der Waals surface area contributed by atoms with Crippen molar-refractivity contribution in [3.8, 4) is 0 Å². The van der Waals surface area contributed by atoms with Gasteiger partial charge in [-0.3, -0.25) is 9.48 Å². The number of carbonyl (C=O) groups is 1. The molecule has 0 unspecified atom stereocenters. The van der Waals surface area contributed by atoms with Gasteiger partial charge in [0.15, 0.2) is 0 Å². The fraction of sp³-hybridized carbons (Fsp3) is 0.412. The normalized spacial score (nSPS) is 13.7. The monoisotopic (exact) mass is 299 g/mol. The summed E-state index contributed by atoms with van der Waals surface area (Å²) in [4.78, 5) is 12.4. The molecular formula is C17H21N3O2. The minimum Gasteiger partial charge on any atom is -0.383 e. The van der Waals surface area contributed by atoms with Gasteiger partial charge < -0.3 is 10.1 Å². The van der Waals surface area contributed by atoms with Crippen LogP contribution in [0.2, 0.25) is 0 Å². The quantitative estimate of drug-likeness (QED) is 0.923.